The van der Waals surface area contributed by atoms with E-state index in [1.54, 1.807) is 0 Å². The van der Waals surface area contributed by atoms with Crippen LogP contribution in [0.3, 0.4) is 0 Å². The lowest BCUT2D eigenvalue weighted by molar-refractivity contribution is -0.192. The fraction of sp³-hybridized carbons (Fsp3) is 0.833. The van der Waals surface area contributed by atoms with Crippen LogP contribution in [-0.4, -0.2) is 89.8 Å². The van der Waals surface area contributed by atoms with E-state index in [2.05, 4.69) is 9.36 Å². The monoisotopic (exact) mass is 350 g/mol. The van der Waals surface area contributed by atoms with Gasteiger partial charge < -0.3 is 40.1 Å². The van der Waals surface area contributed by atoms with E-state index in [0.29, 0.717) is 0 Å². The van der Waals surface area contributed by atoms with Gasteiger partial charge >= 0.3 is 0 Å². The number of aliphatic hydroxyl groups is 6. The lowest BCUT2D eigenvalue weighted by Gasteiger charge is -2.34. The average molecular weight is 350 g/mol. The van der Waals surface area contributed by atoms with Gasteiger partial charge in [-0.05, 0) is 11.5 Å². The van der Waals surface area contributed by atoms with Gasteiger partial charge in [0.25, 0.3) is 0 Å². The standard InChI is InChI=1S/C12H18N2O8S/c15-3-1-21-9(7(19)5(3)17)11-13-12(23-14-11)10-8(20)6(18)4(16)2-22-10/h3-10,15-20H,1-2H2/t3-,4-,5+,6+,7-,8-,9-,10-/m1/s1. The summed E-state index contributed by atoms with van der Waals surface area (Å²) >= 11 is 0.887. The van der Waals surface area contributed by atoms with Crippen LogP contribution in [0.15, 0.2) is 0 Å². The fourth-order valence-corrected chi connectivity index (χ4v) is 3.31. The molecule has 0 unspecified atom stereocenters. The molecule has 23 heavy (non-hydrogen) atoms. The number of aromatic nitrogens is 2. The van der Waals surface area contributed by atoms with Gasteiger partial charge in [-0.15, -0.1) is 0 Å². The Bertz CT molecular complexity index is 500. The summed E-state index contributed by atoms with van der Waals surface area (Å²) in [7, 11) is 0. The number of hydrogen-bond acceptors (Lipinski definition) is 11. The molecule has 8 atom stereocenters. The van der Waals surface area contributed by atoms with Crippen LogP contribution in [-0.2, 0) is 9.47 Å². The average Bonchev–Trinajstić information content (AvgIpc) is 3.00. The lowest BCUT2D eigenvalue weighted by atomic mass is 9.99. The Kier molecular flexibility index (Phi) is 4.92. The van der Waals surface area contributed by atoms with Gasteiger partial charge in [-0.25, -0.2) is 4.98 Å². The molecule has 0 aromatic carbocycles. The number of aliphatic hydroxyl groups excluding tert-OH is 6. The predicted molar refractivity (Wildman–Crippen MR) is 73.3 cm³/mol. The van der Waals surface area contributed by atoms with Crippen LogP contribution in [0, 0.1) is 0 Å². The number of nitrogens with zero attached hydrogens (tertiary/aromatic N) is 2. The molecular formula is C12H18N2O8S. The van der Waals surface area contributed by atoms with Crippen molar-refractivity contribution in [2.24, 2.45) is 0 Å². The third-order valence-corrected chi connectivity index (χ3v) is 4.75. The molecule has 130 valence electrons. The molecule has 0 amide bonds. The van der Waals surface area contributed by atoms with E-state index in [-0.39, 0.29) is 24.0 Å². The van der Waals surface area contributed by atoms with Gasteiger partial charge in [0, 0.05) is 0 Å². The summed E-state index contributed by atoms with van der Waals surface area (Å²) in [5.74, 6) is 0.0832. The zero-order valence-corrected chi connectivity index (χ0v) is 12.7. The van der Waals surface area contributed by atoms with Crippen molar-refractivity contribution >= 4 is 11.5 Å². The third-order valence-electron chi connectivity index (χ3n) is 3.96. The first-order chi connectivity index (χ1) is 10.9. The van der Waals surface area contributed by atoms with Crippen LogP contribution in [0.1, 0.15) is 23.0 Å². The van der Waals surface area contributed by atoms with E-state index in [1.807, 2.05) is 0 Å². The highest BCUT2D eigenvalue weighted by molar-refractivity contribution is 7.05. The van der Waals surface area contributed by atoms with Gasteiger partial charge in [0.1, 0.15) is 53.8 Å². The zero-order chi connectivity index (χ0) is 16.7. The van der Waals surface area contributed by atoms with Crippen molar-refractivity contribution in [3.63, 3.8) is 0 Å². The summed E-state index contributed by atoms with van der Waals surface area (Å²) < 4.78 is 14.6. The maximum absolute atomic E-state index is 9.96. The maximum atomic E-state index is 9.96. The first kappa shape index (κ1) is 17.1. The molecule has 1 aromatic heterocycles. The van der Waals surface area contributed by atoms with E-state index in [0.717, 1.165) is 11.5 Å². The van der Waals surface area contributed by atoms with Crippen molar-refractivity contribution in [2.45, 2.75) is 48.8 Å². The molecular weight excluding hydrogens is 332 g/mol. The van der Waals surface area contributed by atoms with Gasteiger partial charge in [0.05, 0.1) is 13.2 Å². The molecule has 10 nitrogen and oxygen atoms in total. The van der Waals surface area contributed by atoms with Crippen LogP contribution in [0.2, 0.25) is 0 Å². The first-order valence-electron chi connectivity index (χ1n) is 7.05. The first-order valence-corrected chi connectivity index (χ1v) is 7.82. The molecule has 0 spiro atoms. The molecule has 3 heterocycles. The van der Waals surface area contributed by atoms with Crippen molar-refractivity contribution in [3.05, 3.63) is 10.8 Å². The van der Waals surface area contributed by atoms with Crippen molar-refractivity contribution < 1.29 is 40.1 Å². The van der Waals surface area contributed by atoms with E-state index in [4.69, 9.17) is 9.47 Å². The highest BCUT2D eigenvalue weighted by Crippen LogP contribution is 2.33. The van der Waals surface area contributed by atoms with Gasteiger partial charge in [-0.2, -0.15) is 4.37 Å². The van der Waals surface area contributed by atoms with Gasteiger partial charge in [0.15, 0.2) is 5.82 Å². The normalized spacial score (nSPS) is 45.1. The minimum Gasteiger partial charge on any atom is -0.388 e. The second-order valence-electron chi connectivity index (χ2n) is 5.60. The number of rotatable bonds is 2. The van der Waals surface area contributed by atoms with Crippen LogP contribution >= 0.6 is 11.5 Å². The van der Waals surface area contributed by atoms with Crippen molar-refractivity contribution in [2.75, 3.05) is 13.2 Å². The van der Waals surface area contributed by atoms with Crippen LogP contribution < -0.4 is 0 Å². The SMILES string of the molecule is O[C@@H]1[C@@H](O)[C@H](c2nsc([C@@H]3OC[C@@H](O)[C@H](O)[C@H]3O)n2)OC[C@H]1O. The topological polar surface area (TPSA) is 166 Å². The molecule has 0 radical (unpaired) electrons. The van der Waals surface area contributed by atoms with Gasteiger partial charge in [0.2, 0.25) is 0 Å². The minimum atomic E-state index is -1.40. The largest absolute Gasteiger partial charge is 0.388 e. The summed E-state index contributed by atoms with van der Waals surface area (Å²) in [4.78, 5) is 4.13. The Morgan fingerprint density at radius 3 is 1.91 bits per heavy atom. The molecule has 0 aliphatic carbocycles. The summed E-state index contributed by atoms with van der Waals surface area (Å²) in [5, 5.41) is 58.4. The molecule has 1 aromatic rings. The quantitative estimate of drug-likeness (QED) is 0.321. The second-order valence-corrected chi connectivity index (χ2v) is 6.38. The van der Waals surface area contributed by atoms with Crippen LogP contribution in [0.4, 0.5) is 0 Å². The Balaban J connectivity index is 1.76. The fourth-order valence-electron chi connectivity index (χ4n) is 2.54. The molecule has 6 N–H and O–H groups in total. The molecule has 2 saturated heterocycles. The van der Waals surface area contributed by atoms with Crippen molar-refractivity contribution in [3.8, 4) is 0 Å². The highest BCUT2D eigenvalue weighted by atomic mass is 32.1. The van der Waals surface area contributed by atoms with Gasteiger partial charge in [-0.1, -0.05) is 0 Å². The van der Waals surface area contributed by atoms with Crippen molar-refractivity contribution in [1.29, 1.82) is 0 Å². The summed E-state index contributed by atoms with van der Waals surface area (Å²) in [5.41, 5.74) is 0. The minimum absolute atomic E-state index is 0.0832. The van der Waals surface area contributed by atoms with E-state index in [1.165, 1.54) is 0 Å². The van der Waals surface area contributed by atoms with Crippen LogP contribution in [0.5, 0.6) is 0 Å². The van der Waals surface area contributed by atoms with Crippen LogP contribution in [0.25, 0.3) is 0 Å². The predicted octanol–water partition coefficient (Wildman–Crippen LogP) is -3.15. The number of hydrogen-bond donors (Lipinski definition) is 6. The summed E-state index contributed by atoms with van der Waals surface area (Å²) in [6, 6.07) is 0. The molecule has 2 fully saturated rings. The molecule has 2 aliphatic rings. The Labute approximate surface area is 134 Å². The second kappa shape index (κ2) is 6.63. The highest BCUT2D eigenvalue weighted by Gasteiger charge is 2.43. The Hall–Kier alpha value is -0.760. The molecule has 0 bridgehead atoms. The Morgan fingerprint density at radius 1 is 0.783 bits per heavy atom. The van der Waals surface area contributed by atoms with E-state index in [9.17, 15) is 30.6 Å². The summed E-state index contributed by atoms with van der Waals surface area (Å²) in [6.45, 7) is -0.337. The van der Waals surface area contributed by atoms with Crippen molar-refractivity contribution in [1.82, 2.24) is 9.36 Å². The molecule has 0 saturated carbocycles. The smallest absolute Gasteiger partial charge is 0.174 e. The third kappa shape index (κ3) is 3.12. The number of ether oxygens (including phenoxy) is 2. The van der Waals surface area contributed by atoms with E-state index >= 15 is 0 Å². The van der Waals surface area contributed by atoms with E-state index < -0.39 is 48.8 Å². The summed E-state index contributed by atoms with van der Waals surface area (Å²) in [6.07, 6.45) is -9.88. The lowest BCUT2D eigenvalue weighted by Crippen LogP contribution is -2.49. The zero-order valence-electron chi connectivity index (χ0n) is 11.8. The Morgan fingerprint density at radius 2 is 1.30 bits per heavy atom. The maximum Gasteiger partial charge on any atom is 0.174 e. The molecule has 11 heteroatoms. The van der Waals surface area contributed by atoms with Gasteiger partial charge in [-0.3, -0.25) is 0 Å². The molecule has 3 rings (SSSR count). The molecule has 2 aliphatic heterocycles.